The van der Waals surface area contributed by atoms with Crippen molar-refractivity contribution >= 4 is 52.2 Å². The minimum atomic E-state index is 0. The molecule has 1 aliphatic rings. The highest BCUT2D eigenvalue weighted by molar-refractivity contribution is 14.0. The molecule has 0 spiro atoms. The summed E-state index contributed by atoms with van der Waals surface area (Å²) >= 11 is 1.82. The number of hydrogen-bond donors (Lipinski definition) is 3. The summed E-state index contributed by atoms with van der Waals surface area (Å²) in [5, 5.41) is 10.5. The van der Waals surface area contributed by atoms with E-state index in [2.05, 4.69) is 80.4 Å². The summed E-state index contributed by atoms with van der Waals surface area (Å²) in [6, 6.07) is 13.1. The van der Waals surface area contributed by atoms with Crippen LogP contribution in [0.3, 0.4) is 0 Å². The molecule has 0 amide bonds. The average Bonchev–Trinajstić information content (AvgIpc) is 3.43. The number of rotatable bonds is 7. The lowest BCUT2D eigenvalue weighted by atomic mass is 10.1. The maximum absolute atomic E-state index is 5.74. The van der Waals surface area contributed by atoms with Crippen molar-refractivity contribution in [1.29, 1.82) is 0 Å². The van der Waals surface area contributed by atoms with Crippen LogP contribution in [0.1, 0.15) is 23.4 Å². The maximum atomic E-state index is 5.74. The molecule has 31 heavy (non-hydrogen) atoms. The zero-order valence-electron chi connectivity index (χ0n) is 18.1. The van der Waals surface area contributed by atoms with E-state index in [1.165, 1.54) is 21.3 Å². The summed E-state index contributed by atoms with van der Waals surface area (Å²) in [5.41, 5.74) is 2.51. The molecular weight excluding hydrogens is 521 g/mol. The number of ether oxygens (including phenoxy) is 1. The molecule has 2 aromatic heterocycles. The fourth-order valence-electron chi connectivity index (χ4n) is 4.09. The van der Waals surface area contributed by atoms with E-state index in [0.717, 1.165) is 45.2 Å². The van der Waals surface area contributed by atoms with Crippen LogP contribution < -0.4 is 10.6 Å². The SMILES string of the molecule is CN=C(NCCc1c[nH]c2ccccc12)NCC(c1cccs1)N1CCOC(C)C1.I. The molecule has 4 rings (SSSR count). The van der Waals surface area contributed by atoms with Gasteiger partial charge in [-0.2, -0.15) is 0 Å². The molecule has 3 heterocycles. The Morgan fingerprint density at radius 1 is 1.29 bits per heavy atom. The van der Waals surface area contributed by atoms with Crippen molar-refractivity contribution in [3.63, 3.8) is 0 Å². The van der Waals surface area contributed by atoms with Gasteiger partial charge in [0.25, 0.3) is 0 Å². The largest absolute Gasteiger partial charge is 0.376 e. The first kappa shape index (κ1) is 24.0. The van der Waals surface area contributed by atoms with Gasteiger partial charge in [0.2, 0.25) is 0 Å². The van der Waals surface area contributed by atoms with Gasteiger partial charge in [0.05, 0.1) is 18.8 Å². The van der Waals surface area contributed by atoms with Crippen molar-refractivity contribution in [2.75, 3.05) is 39.8 Å². The molecule has 168 valence electrons. The minimum absolute atomic E-state index is 0. The summed E-state index contributed by atoms with van der Waals surface area (Å²) in [5.74, 6) is 0.845. The topological polar surface area (TPSA) is 64.7 Å². The number of H-pyrrole nitrogens is 1. The van der Waals surface area contributed by atoms with Gasteiger partial charge in [0, 0.05) is 55.2 Å². The Hall–Kier alpha value is -1.62. The van der Waals surface area contributed by atoms with Crippen molar-refractivity contribution in [2.45, 2.75) is 25.5 Å². The van der Waals surface area contributed by atoms with Crippen LogP contribution in [0.5, 0.6) is 0 Å². The highest BCUT2D eigenvalue weighted by atomic mass is 127. The minimum Gasteiger partial charge on any atom is -0.376 e. The fraction of sp³-hybridized carbons (Fsp3) is 0.435. The molecule has 2 unspecified atom stereocenters. The number of nitrogens with one attached hydrogen (secondary N) is 3. The van der Waals surface area contributed by atoms with Crippen LogP contribution in [0.25, 0.3) is 10.9 Å². The normalized spacial score (nSPS) is 18.5. The Bertz CT molecular complexity index is 958. The van der Waals surface area contributed by atoms with Crippen molar-refractivity contribution in [3.8, 4) is 0 Å². The molecule has 2 atom stereocenters. The van der Waals surface area contributed by atoms with Crippen molar-refractivity contribution in [2.24, 2.45) is 4.99 Å². The third kappa shape index (κ3) is 6.21. The summed E-state index contributed by atoms with van der Waals surface area (Å²) < 4.78 is 5.74. The van der Waals surface area contributed by atoms with E-state index in [-0.39, 0.29) is 30.1 Å². The van der Waals surface area contributed by atoms with E-state index in [4.69, 9.17) is 4.74 Å². The first-order valence-corrected chi connectivity index (χ1v) is 11.5. The molecule has 8 heteroatoms. The van der Waals surface area contributed by atoms with Gasteiger partial charge in [-0.25, -0.2) is 0 Å². The van der Waals surface area contributed by atoms with E-state index in [1.54, 1.807) is 0 Å². The van der Waals surface area contributed by atoms with Crippen LogP contribution in [0, 0.1) is 0 Å². The molecule has 1 aliphatic heterocycles. The van der Waals surface area contributed by atoms with Crippen molar-refractivity contribution in [3.05, 3.63) is 58.4 Å². The maximum Gasteiger partial charge on any atom is 0.191 e. The molecule has 0 bridgehead atoms. The first-order chi connectivity index (χ1) is 14.7. The number of aliphatic imine (C=N–C) groups is 1. The van der Waals surface area contributed by atoms with Crippen LogP contribution in [-0.4, -0.2) is 61.8 Å². The number of fused-ring (bicyclic) bond motifs is 1. The lowest BCUT2D eigenvalue weighted by molar-refractivity contribution is -0.0334. The number of halogens is 1. The second kappa shape index (κ2) is 11.8. The molecule has 1 saturated heterocycles. The van der Waals surface area contributed by atoms with E-state index < -0.39 is 0 Å². The molecule has 0 radical (unpaired) electrons. The number of aromatic amines is 1. The van der Waals surface area contributed by atoms with E-state index in [9.17, 15) is 0 Å². The number of hydrogen-bond acceptors (Lipinski definition) is 4. The summed E-state index contributed by atoms with van der Waals surface area (Å²) in [7, 11) is 1.83. The highest BCUT2D eigenvalue weighted by Crippen LogP contribution is 2.26. The standard InChI is InChI=1S/C23H31N5OS.HI/c1-17-16-28(11-12-29-17)21(22-8-5-13-30-22)15-27-23(24-2)25-10-9-18-14-26-20-7-4-3-6-19(18)20;/h3-8,13-14,17,21,26H,9-12,15-16H2,1-2H3,(H2,24,25,27);1H. The lowest BCUT2D eigenvalue weighted by Gasteiger charge is -2.37. The van der Waals surface area contributed by atoms with Crippen molar-refractivity contribution < 1.29 is 4.74 Å². The van der Waals surface area contributed by atoms with Gasteiger partial charge in [0.15, 0.2) is 5.96 Å². The second-order valence-electron chi connectivity index (χ2n) is 7.70. The zero-order chi connectivity index (χ0) is 20.8. The van der Waals surface area contributed by atoms with Gasteiger partial charge in [0.1, 0.15) is 0 Å². The van der Waals surface area contributed by atoms with Crippen LogP contribution >= 0.6 is 35.3 Å². The predicted octanol–water partition coefficient (Wildman–Crippen LogP) is 4.02. The van der Waals surface area contributed by atoms with Crippen LogP contribution in [0.2, 0.25) is 0 Å². The summed E-state index contributed by atoms with van der Waals surface area (Å²) in [6.07, 6.45) is 3.32. The molecular formula is C23H32IN5OS. The number of morpholine rings is 1. The van der Waals surface area contributed by atoms with E-state index in [0.29, 0.717) is 6.04 Å². The summed E-state index contributed by atoms with van der Waals surface area (Å²) in [4.78, 5) is 11.7. The Morgan fingerprint density at radius 2 is 2.16 bits per heavy atom. The van der Waals surface area contributed by atoms with Crippen molar-refractivity contribution in [1.82, 2.24) is 20.5 Å². The monoisotopic (exact) mass is 553 g/mol. The molecule has 1 fully saturated rings. The Morgan fingerprint density at radius 3 is 2.94 bits per heavy atom. The fourth-order valence-corrected chi connectivity index (χ4v) is 4.95. The lowest BCUT2D eigenvalue weighted by Crippen LogP contribution is -2.48. The van der Waals surface area contributed by atoms with Gasteiger partial charge in [-0.05, 0) is 36.4 Å². The van der Waals surface area contributed by atoms with Crippen LogP contribution in [0.4, 0.5) is 0 Å². The highest BCUT2D eigenvalue weighted by Gasteiger charge is 2.26. The number of guanidine groups is 1. The van der Waals surface area contributed by atoms with E-state index >= 15 is 0 Å². The van der Waals surface area contributed by atoms with Gasteiger partial charge >= 0.3 is 0 Å². The molecule has 1 aromatic carbocycles. The quantitative estimate of drug-likeness (QED) is 0.235. The van der Waals surface area contributed by atoms with Gasteiger partial charge in [-0.15, -0.1) is 35.3 Å². The number of nitrogens with zero attached hydrogens (tertiary/aromatic N) is 2. The smallest absolute Gasteiger partial charge is 0.191 e. The molecule has 0 saturated carbocycles. The molecule has 3 N–H and O–H groups in total. The average molecular weight is 554 g/mol. The second-order valence-corrected chi connectivity index (χ2v) is 8.68. The Balaban J connectivity index is 0.00000272. The molecule has 0 aliphatic carbocycles. The van der Waals surface area contributed by atoms with Crippen LogP contribution in [0.15, 0.2) is 53.0 Å². The van der Waals surface area contributed by atoms with Crippen LogP contribution in [-0.2, 0) is 11.2 Å². The van der Waals surface area contributed by atoms with Gasteiger partial charge in [-0.1, -0.05) is 24.3 Å². The number of thiophene rings is 1. The van der Waals surface area contributed by atoms with E-state index in [1.807, 2.05) is 18.4 Å². The predicted molar refractivity (Wildman–Crippen MR) is 141 cm³/mol. The Labute approximate surface area is 205 Å². The zero-order valence-corrected chi connectivity index (χ0v) is 21.3. The number of aromatic nitrogens is 1. The summed E-state index contributed by atoms with van der Waals surface area (Å²) in [6.45, 7) is 6.51. The number of para-hydroxylation sites is 1. The molecule has 3 aromatic rings. The van der Waals surface area contributed by atoms with Gasteiger partial charge < -0.3 is 20.4 Å². The van der Waals surface area contributed by atoms with Gasteiger partial charge in [-0.3, -0.25) is 9.89 Å². The third-order valence-corrected chi connectivity index (χ3v) is 6.61. The first-order valence-electron chi connectivity index (χ1n) is 10.6. The number of benzene rings is 1. The Kier molecular flexibility index (Phi) is 9.18. The third-order valence-electron chi connectivity index (χ3n) is 5.63. The molecule has 6 nitrogen and oxygen atoms in total.